The lowest BCUT2D eigenvalue weighted by atomic mass is 10.2. The van der Waals surface area contributed by atoms with Gasteiger partial charge in [-0.2, -0.15) is 0 Å². The predicted octanol–water partition coefficient (Wildman–Crippen LogP) is 3.46. The van der Waals surface area contributed by atoms with Gasteiger partial charge in [0.1, 0.15) is 0 Å². The number of hydrogen-bond acceptors (Lipinski definition) is 1. The van der Waals surface area contributed by atoms with Gasteiger partial charge < -0.3 is 5.32 Å². The van der Waals surface area contributed by atoms with E-state index in [9.17, 15) is 13.6 Å². The van der Waals surface area contributed by atoms with Gasteiger partial charge in [0, 0.05) is 11.0 Å². The van der Waals surface area contributed by atoms with Crippen LogP contribution in [0.4, 0.5) is 8.78 Å². The molecule has 19 heavy (non-hydrogen) atoms. The summed E-state index contributed by atoms with van der Waals surface area (Å²) in [5.74, 6) is -2.58. The fourth-order valence-corrected chi connectivity index (χ4v) is 1.72. The van der Waals surface area contributed by atoms with E-state index in [0.29, 0.717) is 6.54 Å². The van der Waals surface area contributed by atoms with E-state index in [1.54, 1.807) is 0 Å². The van der Waals surface area contributed by atoms with Crippen molar-refractivity contribution in [2.75, 3.05) is 0 Å². The highest BCUT2D eigenvalue weighted by Gasteiger charge is 2.09. The molecule has 1 radical (unpaired) electrons. The highest BCUT2D eigenvalue weighted by molar-refractivity contribution is 9.10. The van der Waals surface area contributed by atoms with E-state index >= 15 is 0 Å². The Bertz CT molecular complexity index is 599. The maximum absolute atomic E-state index is 13.0. The van der Waals surface area contributed by atoms with Gasteiger partial charge in [-0.15, -0.1) is 0 Å². The van der Waals surface area contributed by atoms with E-state index in [-0.39, 0.29) is 5.56 Å². The molecular formula is C14H9BrF2NO. The fraction of sp³-hybridized carbons (Fsp3) is 0.0714. The van der Waals surface area contributed by atoms with Crippen molar-refractivity contribution in [1.29, 1.82) is 0 Å². The van der Waals surface area contributed by atoms with Gasteiger partial charge in [-0.1, -0.05) is 28.1 Å². The van der Waals surface area contributed by atoms with E-state index in [2.05, 4.69) is 27.3 Å². The molecule has 0 aliphatic carbocycles. The lowest BCUT2D eigenvalue weighted by Crippen LogP contribution is -2.23. The lowest BCUT2D eigenvalue weighted by molar-refractivity contribution is 0.0950. The zero-order valence-corrected chi connectivity index (χ0v) is 11.3. The molecule has 0 aromatic heterocycles. The molecule has 5 heteroatoms. The Morgan fingerprint density at radius 3 is 2.53 bits per heavy atom. The monoisotopic (exact) mass is 324 g/mol. The van der Waals surface area contributed by atoms with Crippen molar-refractivity contribution >= 4 is 21.8 Å². The maximum atomic E-state index is 13.0. The number of rotatable bonds is 3. The fourth-order valence-electron chi connectivity index (χ4n) is 1.46. The number of carbonyl (C=O) groups is 1. The second-order valence-corrected chi connectivity index (χ2v) is 4.77. The van der Waals surface area contributed by atoms with Crippen molar-refractivity contribution in [3.05, 3.63) is 69.7 Å². The van der Waals surface area contributed by atoms with E-state index in [4.69, 9.17) is 0 Å². The molecule has 2 aromatic carbocycles. The molecule has 97 valence electrons. The standard InChI is InChI=1S/C14H9BrF2NO/c15-11-4-1-9(2-5-11)8-18-14(19)10-3-6-12(16)13(17)7-10/h1-2,4-7H,8H2,(H,18,19). The van der Waals surface area contributed by atoms with Crippen molar-refractivity contribution in [3.8, 4) is 0 Å². The highest BCUT2D eigenvalue weighted by Crippen LogP contribution is 2.11. The zero-order chi connectivity index (χ0) is 13.8. The summed E-state index contributed by atoms with van der Waals surface area (Å²) in [5.41, 5.74) is 0.871. The minimum atomic E-state index is -1.06. The predicted molar refractivity (Wildman–Crippen MR) is 70.5 cm³/mol. The van der Waals surface area contributed by atoms with Crippen LogP contribution in [0.15, 0.2) is 40.9 Å². The minimum Gasteiger partial charge on any atom is -0.348 e. The molecule has 0 bridgehead atoms. The van der Waals surface area contributed by atoms with Gasteiger partial charge in [0.25, 0.3) is 5.91 Å². The van der Waals surface area contributed by atoms with Crippen molar-refractivity contribution in [2.24, 2.45) is 0 Å². The first-order valence-corrected chi connectivity index (χ1v) is 6.25. The molecule has 0 aliphatic rings. The van der Waals surface area contributed by atoms with Crippen LogP contribution in [0, 0.1) is 17.7 Å². The Hall–Kier alpha value is -1.75. The Morgan fingerprint density at radius 1 is 1.21 bits per heavy atom. The molecule has 0 fully saturated rings. The van der Waals surface area contributed by atoms with Gasteiger partial charge in [0.05, 0.1) is 5.56 Å². The molecule has 0 atom stereocenters. The number of hydrogen-bond donors (Lipinski definition) is 1. The summed E-state index contributed by atoms with van der Waals surface area (Å²) in [4.78, 5) is 11.7. The van der Waals surface area contributed by atoms with Crippen LogP contribution in [0.1, 0.15) is 15.9 Å². The zero-order valence-electron chi connectivity index (χ0n) is 9.71. The first-order chi connectivity index (χ1) is 9.06. The van der Waals surface area contributed by atoms with Crippen molar-refractivity contribution in [1.82, 2.24) is 5.32 Å². The van der Waals surface area contributed by atoms with Crippen molar-refractivity contribution in [2.45, 2.75) is 6.54 Å². The lowest BCUT2D eigenvalue weighted by Gasteiger charge is -2.05. The Labute approximate surface area is 117 Å². The molecule has 2 aromatic rings. The number of halogens is 3. The molecule has 0 spiro atoms. The normalized spacial score (nSPS) is 10.3. The second kappa shape index (κ2) is 5.93. The van der Waals surface area contributed by atoms with Gasteiger partial charge >= 0.3 is 0 Å². The number of amides is 1. The van der Waals surface area contributed by atoms with Crippen LogP contribution >= 0.6 is 15.9 Å². The smallest absolute Gasteiger partial charge is 0.252 e. The van der Waals surface area contributed by atoms with Gasteiger partial charge in [-0.25, -0.2) is 8.78 Å². The van der Waals surface area contributed by atoms with Crippen LogP contribution in [0.5, 0.6) is 0 Å². The van der Waals surface area contributed by atoms with E-state index in [0.717, 1.165) is 22.2 Å². The highest BCUT2D eigenvalue weighted by atomic mass is 79.9. The largest absolute Gasteiger partial charge is 0.348 e. The summed E-state index contributed by atoms with van der Waals surface area (Å²) in [5, 5.41) is 2.61. The van der Waals surface area contributed by atoms with Crippen LogP contribution in [-0.2, 0) is 6.54 Å². The first kappa shape index (κ1) is 13.7. The quantitative estimate of drug-likeness (QED) is 0.920. The summed E-state index contributed by atoms with van der Waals surface area (Å²) < 4.78 is 26.6. The number of carbonyl (C=O) groups excluding carboxylic acids is 1. The Morgan fingerprint density at radius 2 is 1.89 bits per heavy atom. The molecular weight excluding hydrogens is 316 g/mol. The molecule has 0 heterocycles. The third-order valence-corrected chi connectivity index (χ3v) is 2.99. The van der Waals surface area contributed by atoms with Gasteiger partial charge in [-0.05, 0) is 35.9 Å². The van der Waals surface area contributed by atoms with Crippen LogP contribution in [0.2, 0.25) is 0 Å². The van der Waals surface area contributed by atoms with Crippen LogP contribution in [-0.4, -0.2) is 5.91 Å². The van der Waals surface area contributed by atoms with Crippen molar-refractivity contribution < 1.29 is 13.6 Å². The second-order valence-electron chi connectivity index (χ2n) is 3.85. The summed E-state index contributed by atoms with van der Waals surface area (Å²) >= 11 is 3.31. The van der Waals surface area contributed by atoms with Gasteiger partial charge in [-0.3, -0.25) is 4.79 Å². The summed E-state index contributed by atoms with van der Waals surface area (Å²) in [6.45, 7) is 0.305. The summed E-state index contributed by atoms with van der Waals surface area (Å²) in [6.07, 6.45) is 0. The molecule has 0 unspecified atom stereocenters. The van der Waals surface area contributed by atoms with Crippen molar-refractivity contribution in [3.63, 3.8) is 0 Å². The SMILES string of the molecule is O=C(NCc1ccc(Br)cc1)c1[c]cc(F)c(F)c1. The topological polar surface area (TPSA) is 29.1 Å². The van der Waals surface area contributed by atoms with E-state index in [1.165, 1.54) is 0 Å². The molecule has 0 aliphatic heterocycles. The van der Waals surface area contributed by atoms with Crippen LogP contribution in [0.25, 0.3) is 0 Å². The van der Waals surface area contributed by atoms with Gasteiger partial charge in [0.15, 0.2) is 11.6 Å². The van der Waals surface area contributed by atoms with Crippen LogP contribution < -0.4 is 5.32 Å². The third kappa shape index (κ3) is 3.61. The van der Waals surface area contributed by atoms with E-state index < -0.39 is 17.5 Å². The summed E-state index contributed by atoms with van der Waals surface area (Å²) in [7, 11) is 0. The number of benzene rings is 2. The molecule has 0 saturated carbocycles. The molecule has 1 amide bonds. The minimum absolute atomic E-state index is 0.0315. The summed E-state index contributed by atoms with van der Waals surface area (Å²) in [6, 6.07) is 11.4. The molecule has 1 N–H and O–H groups in total. The molecule has 2 rings (SSSR count). The average Bonchev–Trinajstić information content (AvgIpc) is 2.41. The maximum Gasteiger partial charge on any atom is 0.252 e. The molecule has 2 nitrogen and oxygen atoms in total. The Kier molecular flexibility index (Phi) is 4.27. The third-order valence-electron chi connectivity index (χ3n) is 2.46. The molecule has 0 saturated heterocycles. The van der Waals surface area contributed by atoms with Crippen LogP contribution in [0.3, 0.4) is 0 Å². The van der Waals surface area contributed by atoms with E-state index in [1.807, 2.05) is 24.3 Å². The van der Waals surface area contributed by atoms with Gasteiger partial charge in [0.2, 0.25) is 0 Å². The Balaban J connectivity index is 2.01. The number of nitrogens with one attached hydrogen (secondary N) is 1. The first-order valence-electron chi connectivity index (χ1n) is 5.45. The average molecular weight is 325 g/mol.